The Labute approximate surface area is 436 Å². The normalized spacial score (nSPS) is 19.3. The predicted molar refractivity (Wildman–Crippen MR) is 270 cm³/mol. The van der Waals surface area contributed by atoms with Crippen LogP contribution in [0.25, 0.3) is 21.9 Å². The maximum Gasteiger partial charge on any atom is 0.410 e. The summed E-state index contributed by atoms with van der Waals surface area (Å²) < 4.78 is 26.5. The quantitative estimate of drug-likeness (QED) is 0.0565. The lowest BCUT2D eigenvalue weighted by atomic mass is 9.84. The Bertz CT molecular complexity index is 3200. The maximum absolute atomic E-state index is 13.4. The van der Waals surface area contributed by atoms with Crippen LogP contribution >= 0.6 is 23.2 Å². The molecule has 22 nitrogen and oxygen atoms in total. The molecule has 2 aliphatic carbocycles. The number of carbonyl (C=O) groups excluding carboxylic acids is 7. The van der Waals surface area contributed by atoms with Crippen molar-refractivity contribution < 1.29 is 66.5 Å². The second-order valence-corrected chi connectivity index (χ2v) is 18.9. The van der Waals surface area contributed by atoms with Crippen molar-refractivity contribution in [1.29, 1.82) is 0 Å². The van der Waals surface area contributed by atoms with E-state index in [2.05, 4.69) is 31.2 Å². The molecule has 6 amide bonds. The molecular weight excluding hydrogens is 1020 g/mol. The van der Waals surface area contributed by atoms with Gasteiger partial charge in [-0.3, -0.25) is 19.2 Å². The number of hydrogen-bond donors (Lipinski definition) is 5. The number of carbonyl (C=O) groups is 8. The van der Waals surface area contributed by atoms with Crippen LogP contribution in [0.1, 0.15) is 93.2 Å². The number of nitrogens with one attached hydrogen (secondary N) is 4. The summed E-state index contributed by atoms with van der Waals surface area (Å²) in [4.78, 5) is 113. The van der Waals surface area contributed by atoms with Crippen LogP contribution in [0, 0.1) is 11.8 Å². The van der Waals surface area contributed by atoms with Gasteiger partial charge in [-0.1, -0.05) is 35.3 Å². The molecule has 2 saturated heterocycles. The number of ether oxygens (including phenoxy) is 3. The number of carboxylic acid groups (broad SMARTS) is 1. The first-order valence-electron chi connectivity index (χ1n) is 23.9. The standard InChI is InChI=1S/C26H25ClN4O7.C25H23ClN4O7/c1-36-25(34)17-3-2-4-18-20(17)21(22(38-18)24(33)29-19-10-7-15(27)13-28-19)30-23(32)14-5-8-16(9-6-14)31-11-12-37-26(31)35;26-14-6-9-18(27-12-14)28-23(32)21-20(19-16(24(33)34)2-1-3-17(19)37-21)29-22(31)13-4-7-15(8-5-13)30-10-11-36-25(30)35/h2-4,7,10,13-14,16H,5-6,8-9,11-12H2,1H3,(H,30,32)(H,28,29,33);1-3,6,9,12-13,15H,4-5,7-8,10-11H2,(H,29,31)(H,33,34)(H,27,28,32). The minimum absolute atomic E-state index is 0.0145. The summed E-state index contributed by atoms with van der Waals surface area (Å²) in [7, 11) is 1.24. The Morgan fingerprint density at radius 1 is 0.600 bits per heavy atom. The molecule has 0 unspecified atom stereocenters. The van der Waals surface area contributed by atoms with E-state index in [1.165, 1.54) is 55.9 Å². The highest BCUT2D eigenvalue weighted by molar-refractivity contribution is 6.31. The van der Waals surface area contributed by atoms with Crippen molar-refractivity contribution >= 4 is 116 Å². The van der Waals surface area contributed by atoms with E-state index in [1.807, 2.05) is 0 Å². The molecule has 4 fully saturated rings. The molecule has 24 heteroatoms. The van der Waals surface area contributed by atoms with Gasteiger partial charge in [0.2, 0.25) is 23.3 Å². The van der Waals surface area contributed by atoms with E-state index >= 15 is 0 Å². The summed E-state index contributed by atoms with van der Waals surface area (Å²) in [5.74, 6) is -4.67. The van der Waals surface area contributed by atoms with Gasteiger partial charge >= 0.3 is 24.1 Å². The fourth-order valence-corrected chi connectivity index (χ4v) is 10.0. The van der Waals surface area contributed by atoms with Crippen LogP contribution in [0.4, 0.5) is 32.6 Å². The number of methoxy groups -OCH3 is 1. The minimum atomic E-state index is -1.23. The summed E-state index contributed by atoms with van der Waals surface area (Å²) in [5, 5.41) is 21.7. The van der Waals surface area contributed by atoms with E-state index in [1.54, 1.807) is 34.1 Å². The van der Waals surface area contributed by atoms with Crippen LogP contribution in [-0.2, 0) is 23.8 Å². The van der Waals surface area contributed by atoms with Crippen LogP contribution in [0.2, 0.25) is 10.0 Å². The van der Waals surface area contributed by atoms with Crippen molar-refractivity contribution in [3.8, 4) is 0 Å². The topological polar surface area (TPSA) is 291 Å². The summed E-state index contributed by atoms with van der Waals surface area (Å²) in [6, 6.07) is 15.3. The number of rotatable bonds is 12. The maximum atomic E-state index is 13.4. The average molecular weight is 1070 g/mol. The van der Waals surface area contributed by atoms with Crippen LogP contribution in [0.15, 0.2) is 81.9 Å². The van der Waals surface area contributed by atoms with Gasteiger partial charge in [0, 0.05) is 36.3 Å². The highest BCUT2D eigenvalue weighted by Crippen LogP contribution is 2.39. The Kier molecular flexibility index (Phi) is 15.5. The molecule has 2 aliphatic heterocycles. The van der Waals surface area contributed by atoms with Crippen LogP contribution in [0.5, 0.6) is 0 Å². The highest BCUT2D eigenvalue weighted by atomic mass is 35.5. The summed E-state index contributed by atoms with van der Waals surface area (Å²) in [5.41, 5.74) is 0.451. The number of benzene rings is 2. The van der Waals surface area contributed by atoms with Crippen LogP contribution < -0.4 is 21.3 Å². The number of nitrogens with zero attached hydrogens (tertiary/aromatic N) is 4. The molecule has 6 heterocycles. The van der Waals surface area contributed by atoms with Crippen molar-refractivity contribution in [3.05, 3.63) is 106 Å². The van der Waals surface area contributed by atoms with Gasteiger partial charge in [-0.05, 0) is 99.9 Å². The third kappa shape index (κ3) is 11.3. The van der Waals surface area contributed by atoms with Crippen LogP contribution in [-0.4, -0.2) is 118 Å². The molecule has 390 valence electrons. The zero-order valence-corrected chi connectivity index (χ0v) is 41.5. The number of pyridine rings is 2. The lowest BCUT2D eigenvalue weighted by molar-refractivity contribution is -0.121. The molecule has 6 aromatic rings. The Hall–Kier alpha value is -8.24. The second kappa shape index (κ2) is 22.5. The zero-order valence-electron chi connectivity index (χ0n) is 40.0. The van der Waals surface area contributed by atoms with Gasteiger partial charge in [0.1, 0.15) is 47.4 Å². The third-order valence-corrected chi connectivity index (χ3v) is 14.0. The molecule has 10 rings (SSSR count). The molecule has 0 atom stereocenters. The van der Waals surface area contributed by atoms with E-state index in [4.69, 9.17) is 46.2 Å². The minimum Gasteiger partial charge on any atom is -0.478 e. The first kappa shape index (κ1) is 51.7. The molecule has 0 spiro atoms. The van der Waals surface area contributed by atoms with Crippen molar-refractivity contribution in [2.24, 2.45) is 11.8 Å². The number of aromatic carboxylic acids is 1. The van der Waals surface area contributed by atoms with E-state index in [-0.39, 0.29) is 116 Å². The predicted octanol–water partition coefficient (Wildman–Crippen LogP) is 8.85. The molecule has 4 aromatic heterocycles. The second-order valence-electron chi connectivity index (χ2n) is 18.0. The Morgan fingerprint density at radius 2 is 1.03 bits per heavy atom. The SMILES string of the molecule is COC(=O)c1cccc2oc(C(=O)Nc3ccc(Cl)cn3)c(NC(=O)C3CCC(N4CCOC4=O)CC3)c12.O=C(Nc1ccc(Cl)cn1)c1oc2cccc(C(=O)O)c2c1NC(=O)C1CCC(N2CCOC2=O)CC1. The van der Waals surface area contributed by atoms with Gasteiger partial charge in [-0.25, -0.2) is 29.1 Å². The number of cyclic esters (lactones) is 2. The number of aromatic nitrogens is 2. The average Bonchev–Trinajstić information content (AvgIpc) is 4.23. The van der Waals surface area contributed by atoms with E-state index in [0.717, 1.165) is 0 Å². The van der Waals surface area contributed by atoms with Gasteiger partial charge in [0.05, 0.1) is 52.1 Å². The molecule has 0 bridgehead atoms. The van der Waals surface area contributed by atoms with Crippen LogP contribution in [0.3, 0.4) is 0 Å². The molecule has 0 radical (unpaired) electrons. The number of hydrogen-bond acceptors (Lipinski definition) is 15. The fraction of sp³-hybridized carbons (Fsp3) is 0.333. The first-order valence-corrected chi connectivity index (χ1v) is 24.7. The summed E-state index contributed by atoms with van der Waals surface area (Å²) >= 11 is 11.7. The number of esters is 1. The summed E-state index contributed by atoms with van der Waals surface area (Å²) in [6.45, 7) is 1.85. The molecule has 5 N–H and O–H groups in total. The molecular formula is C51H48Cl2N8O14. The highest BCUT2D eigenvalue weighted by Gasteiger charge is 2.38. The van der Waals surface area contributed by atoms with Crippen molar-refractivity contribution in [1.82, 2.24) is 19.8 Å². The Balaban J connectivity index is 0.000000184. The number of furan rings is 2. The van der Waals surface area contributed by atoms with Gasteiger partial charge in [0.15, 0.2) is 0 Å². The first-order chi connectivity index (χ1) is 36.2. The number of anilines is 4. The number of fused-ring (bicyclic) bond motifs is 2. The molecule has 75 heavy (non-hydrogen) atoms. The number of amides is 6. The van der Waals surface area contributed by atoms with E-state index < -0.39 is 23.8 Å². The number of halogens is 2. The lowest BCUT2D eigenvalue weighted by Crippen LogP contribution is -2.40. The van der Waals surface area contributed by atoms with Gasteiger partial charge in [0.25, 0.3) is 11.8 Å². The van der Waals surface area contributed by atoms with Crippen molar-refractivity contribution in [2.75, 3.05) is 54.7 Å². The zero-order chi connectivity index (χ0) is 52.9. The monoisotopic (exact) mass is 1070 g/mol. The van der Waals surface area contributed by atoms with E-state index in [9.17, 15) is 43.5 Å². The van der Waals surface area contributed by atoms with Gasteiger partial charge < -0.3 is 59.2 Å². The Morgan fingerprint density at radius 3 is 1.40 bits per heavy atom. The third-order valence-electron chi connectivity index (χ3n) is 13.5. The van der Waals surface area contributed by atoms with Gasteiger partial charge in [-0.2, -0.15) is 0 Å². The molecule has 4 aliphatic rings. The van der Waals surface area contributed by atoms with Crippen molar-refractivity contribution in [2.45, 2.75) is 63.5 Å². The number of carboxylic acids is 1. The largest absolute Gasteiger partial charge is 0.478 e. The molecule has 2 saturated carbocycles. The van der Waals surface area contributed by atoms with E-state index in [0.29, 0.717) is 87.7 Å². The molecule has 2 aromatic carbocycles. The lowest BCUT2D eigenvalue weighted by Gasteiger charge is -2.32. The van der Waals surface area contributed by atoms with Gasteiger partial charge in [-0.15, -0.1) is 0 Å². The fourth-order valence-electron chi connectivity index (χ4n) is 9.78. The van der Waals surface area contributed by atoms with Crippen molar-refractivity contribution in [3.63, 3.8) is 0 Å². The smallest absolute Gasteiger partial charge is 0.410 e. The summed E-state index contributed by atoms with van der Waals surface area (Å²) in [6.07, 6.45) is 6.83.